The molecule has 1 aliphatic rings. The van der Waals surface area contributed by atoms with E-state index in [0.717, 1.165) is 23.9 Å². The maximum Gasteiger partial charge on any atom is 0.261 e. The number of halogens is 1. The van der Waals surface area contributed by atoms with Crippen LogP contribution in [0.3, 0.4) is 0 Å². The van der Waals surface area contributed by atoms with E-state index < -0.39 is 0 Å². The first-order valence-electron chi connectivity index (χ1n) is 7.43. The molecule has 0 saturated heterocycles. The molecule has 1 aliphatic heterocycles. The Labute approximate surface area is 143 Å². The maximum absolute atomic E-state index is 12.5. The number of benzene rings is 1. The number of amides is 1. The van der Waals surface area contributed by atoms with Gasteiger partial charge in [0.1, 0.15) is 5.75 Å². The van der Waals surface area contributed by atoms with E-state index in [1.54, 1.807) is 11.3 Å². The summed E-state index contributed by atoms with van der Waals surface area (Å²) >= 11 is 5.20. The lowest BCUT2D eigenvalue weighted by molar-refractivity contribution is -0.136. The van der Waals surface area contributed by atoms with Crippen LogP contribution in [0.2, 0.25) is 0 Å². The molecule has 2 aromatic rings. The molecule has 116 valence electrons. The molecule has 1 atom stereocenters. The van der Waals surface area contributed by atoms with E-state index in [-0.39, 0.29) is 18.6 Å². The van der Waals surface area contributed by atoms with Crippen molar-refractivity contribution in [2.24, 2.45) is 0 Å². The average Bonchev–Trinajstić information content (AvgIpc) is 3.00. The highest BCUT2D eigenvalue weighted by Gasteiger charge is 2.30. The number of rotatable bonds is 4. The van der Waals surface area contributed by atoms with E-state index in [9.17, 15) is 4.79 Å². The van der Waals surface area contributed by atoms with Gasteiger partial charge >= 0.3 is 0 Å². The summed E-state index contributed by atoms with van der Waals surface area (Å²) in [7, 11) is 0. The number of nitrogens with zero attached hydrogens (tertiary/aromatic N) is 1. The molecule has 0 saturated carbocycles. The second-order valence-corrected chi connectivity index (χ2v) is 7.22. The molecule has 0 N–H and O–H groups in total. The molecular formula is C17H18BrNO2S. The number of hydrogen-bond acceptors (Lipinski definition) is 3. The van der Waals surface area contributed by atoms with Gasteiger partial charge in [-0.15, -0.1) is 11.3 Å². The summed E-state index contributed by atoms with van der Waals surface area (Å²) < 4.78 is 6.59. The van der Waals surface area contributed by atoms with Crippen molar-refractivity contribution in [2.45, 2.75) is 25.8 Å². The Balaban J connectivity index is 1.67. The molecule has 2 heterocycles. The number of ether oxygens (including phenoxy) is 1. The third-order valence-corrected chi connectivity index (χ3v) is 5.45. The fraction of sp³-hybridized carbons (Fsp3) is 0.353. The molecule has 1 aromatic carbocycles. The van der Waals surface area contributed by atoms with Crippen molar-refractivity contribution < 1.29 is 9.53 Å². The van der Waals surface area contributed by atoms with Crippen LogP contribution in [-0.4, -0.2) is 24.0 Å². The molecule has 3 rings (SSSR count). The first-order valence-corrected chi connectivity index (χ1v) is 9.10. The predicted molar refractivity (Wildman–Crippen MR) is 92.4 cm³/mol. The predicted octanol–water partition coefficient (Wildman–Crippen LogP) is 4.43. The van der Waals surface area contributed by atoms with Crippen LogP contribution in [0.1, 0.15) is 29.8 Å². The fourth-order valence-corrected chi connectivity index (χ4v) is 4.23. The van der Waals surface area contributed by atoms with Gasteiger partial charge in [-0.2, -0.15) is 0 Å². The SMILES string of the molecule is CC[C@H]1c2ccsc2CCN1C(=O)COc1cccc(Br)c1. The van der Waals surface area contributed by atoms with Gasteiger partial charge in [0.2, 0.25) is 0 Å². The third-order valence-electron chi connectivity index (χ3n) is 3.96. The number of carbonyl (C=O) groups excluding carboxylic acids is 1. The molecule has 3 nitrogen and oxygen atoms in total. The van der Waals surface area contributed by atoms with E-state index in [1.165, 1.54) is 10.4 Å². The van der Waals surface area contributed by atoms with Crippen LogP contribution >= 0.6 is 27.3 Å². The van der Waals surface area contributed by atoms with Crippen LogP contribution in [0, 0.1) is 0 Å². The van der Waals surface area contributed by atoms with E-state index in [2.05, 4.69) is 34.3 Å². The highest BCUT2D eigenvalue weighted by molar-refractivity contribution is 9.10. The second-order valence-electron chi connectivity index (χ2n) is 5.31. The van der Waals surface area contributed by atoms with E-state index in [4.69, 9.17) is 4.74 Å². The molecular weight excluding hydrogens is 362 g/mol. The highest BCUT2D eigenvalue weighted by atomic mass is 79.9. The van der Waals surface area contributed by atoms with Crippen molar-refractivity contribution in [1.82, 2.24) is 4.90 Å². The summed E-state index contributed by atoms with van der Waals surface area (Å²) in [6.07, 6.45) is 1.89. The minimum atomic E-state index is 0.0590. The van der Waals surface area contributed by atoms with Gasteiger partial charge < -0.3 is 9.64 Å². The van der Waals surface area contributed by atoms with Crippen molar-refractivity contribution in [2.75, 3.05) is 13.2 Å². The lowest BCUT2D eigenvalue weighted by atomic mass is 9.98. The fourth-order valence-electron chi connectivity index (χ4n) is 2.92. The first kappa shape index (κ1) is 15.6. The standard InChI is InChI=1S/C17H18BrNO2S/c1-2-15-14-7-9-22-16(14)6-8-19(15)17(20)11-21-13-5-3-4-12(18)10-13/h3-5,7,9-10,15H,2,6,8,11H2,1H3/t15-/m0/s1. The summed E-state index contributed by atoms with van der Waals surface area (Å²) in [5.74, 6) is 0.771. The molecule has 22 heavy (non-hydrogen) atoms. The normalized spacial score (nSPS) is 17.2. The van der Waals surface area contributed by atoms with Crippen LogP contribution in [0.5, 0.6) is 5.75 Å². The topological polar surface area (TPSA) is 29.5 Å². The highest BCUT2D eigenvalue weighted by Crippen LogP contribution is 2.35. The van der Waals surface area contributed by atoms with Crippen molar-refractivity contribution in [3.63, 3.8) is 0 Å². The van der Waals surface area contributed by atoms with E-state index in [0.29, 0.717) is 5.75 Å². The van der Waals surface area contributed by atoms with Crippen molar-refractivity contribution in [3.8, 4) is 5.75 Å². The molecule has 0 radical (unpaired) electrons. The zero-order chi connectivity index (χ0) is 15.5. The largest absolute Gasteiger partial charge is 0.484 e. The van der Waals surface area contributed by atoms with Gasteiger partial charge in [-0.25, -0.2) is 0 Å². The monoisotopic (exact) mass is 379 g/mol. The molecule has 0 unspecified atom stereocenters. The van der Waals surface area contributed by atoms with Gasteiger partial charge in [-0.3, -0.25) is 4.79 Å². The Bertz CT molecular complexity index is 670. The lowest BCUT2D eigenvalue weighted by Crippen LogP contribution is -2.41. The molecule has 1 amide bonds. The number of thiophene rings is 1. The smallest absolute Gasteiger partial charge is 0.261 e. The van der Waals surface area contributed by atoms with Crippen molar-refractivity contribution in [3.05, 3.63) is 50.6 Å². The summed E-state index contributed by atoms with van der Waals surface area (Å²) in [6, 6.07) is 9.92. The van der Waals surface area contributed by atoms with Crippen LogP contribution in [0.4, 0.5) is 0 Å². The Morgan fingerprint density at radius 2 is 2.32 bits per heavy atom. The van der Waals surface area contributed by atoms with Crippen LogP contribution in [0.25, 0.3) is 0 Å². The maximum atomic E-state index is 12.5. The summed E-state index contributed by atoms with van der Waals surface area (Å²) in [6.45, 7) is 3.01. The Morgan fingerprint density at radius 1 is 1.45 bits per heavy atom. The molecule has 0 spiro atoms. The van der Waals surface area contributed by atoms with Crippen LogP contribution in [0.15, 0.2) is 40.2 Å². The number of carbonyl (C=O) groups is 1. The lowest BCUT2D eigenvalue weighted by Gasteiger charge is -2.35. The second kappa shape index (κ2) is 6.84. The zero-order valence-electron chi connectivity index (χ0n) is 12.4. The van der Waals surface area contributed by atoms with Gasteiger partial charge in [0.05, 0.1) is 6.04 Å². The third kappa shape index (κ3) is 3.20. The first-order chi connectivity index (χ1) is 10.7. The van der Waals surface area contributed by atoms with Crippen molar-refractivity contribution >= 4 is 33.2 Å². The Hall–Kier alpha value is -1.33. The van der Waals surface area contributed by atoms with Gasteiger partial charge in [0.25, 0.3) is 5.91 Å². The molecule has 0 aliphatic carbocycles. The van der Waals surface area contributed by atoms with Gasteiger partial charge in [0, 0.05) is 15.9 Å². The van der Waals surface area contributed by atoms with Gasteiger partial charge in [-0.05, 0) is 48.1 Å². The van der Waals surface area contributed by atoms with E-state index >= 15 is 0 Å². The average molecular weight is 380 g/mol. The number of hydrogen-bond donors (Lipinski definition) is 0. The minimum Gasteiger partial charge on any atom is -0.484 e. The molecule has 1 aromatic heterocycles. The molecule has 0 bridgehead atoms. The van der Waals surface area contributed by atoms with Crippen LogP contribution < -0.4 is 4.74 Å². The molecule has 0 fully saturated rings. The quantitative estimate of drug-likeness (QED) is 0.786. The number of fused-ring (bicyclic) bond motifs is 1. The Kier molecular flexibility index (Phi) is 4.84. The zero-order valence-corrected chi connectivity index (χ0v) is 14.8. The van der Waals surface area contributed by atoms with Gasteiger partial charge in [-0.1, -0.05) is 28.9 Å². The minimum absolute atomic E-state index is 0.0590. The Morgan fingerprint density at radius 3 is 3.09 bits per heavy atom. The van der Waals surface area contributed by atoms with Crippen molar-refractivity contribution in [1.29, 1.82) is 0 Å². The summed E-state index contributed by atoms with van der Waals surface area (Å²) in [5.41, 5.74) is 1.31. The summed E-state index contributed by atoms with van der Waals surface area (Å²) in [5, 5.41) is 2.12. The molecule has 5 heteroatoms. The van der Waals surface area contributed by atoms with Crippen LogP contribution in [-0.2, 0) is 11.2 Å². The summed E-state index contributed by atoms with van der Waals surface area (Å²) in [4.78, 5) is 15.9. The van der Waals surface area contributed by atoms with E-state index in [1.807, 2.05) is 29.2 Å². The van der Waals surface area contributed by atoms with Gasteiger partial charge in [0.15, 0.2) is 6.61 Å².